The zero-order chi connectivity index (χ0) is 26.0. The fourth-order valence-electron chi connectivity index (χ4n) is 5.22. The molecule has 2 rings (SSSR count). The van der Waals surface area contributed by atoms with Gasteiger partial charge in [-0.05, 0) is 51.9 Å². The Morgan fingerprint density at radius 1 is 1.00 bits per heavy atom. The molecule has 0 aromatic carbocycles. The molecule has 0 aliphatic carbocycles. The molecule has 0 saturated carbocycles. The van der Waals surface area contributed by atoms with Gasteiger partial charge >= 0.3 is 6.09 Å². The van der Waals surface area contributed by atoms with E-state index in [0.29, 0.717) is 25.8 Å². The highest BCUT2D eigenvalue weighted by molar-refractivity contribution is 5.93. The molecule has 2 saturated heterocycles. The summed E-state index contributed by atoms with van der Waals surface area (Å²) in [5.41, 5.74) is -0.674. The third-order valence-corrected chi connectivity index (χ3v) is 7.09. The number of ether oxygens (including phenoxy) is 1. The largest absolute Gasteiger partial charge is 0.444 e. The van der Waals surface area contributed by atoms with Crippen molar-refractivity contribution in [3.63, 3.8) is 0 Å². The molecule has 0 spiro atoms. The highest BCUT2D eigenvalue weighted by atomic mass is 16.6. The Labute approximate surface area is 211 Å². The Morgan fingerprint density at radius 2 is 1.57 bits per heavy atom. The normalized spacial score (nSPS) is 28.1. The van der Waals surface area contributed by atoms with E-state index in [1.165, 1.54) is 0 Å². The van der Waals surface area contributed by atoms with Crippen molar-refractivity contribution in [1.82, 2.24) is 15.5 Å². The summed E-state index contributed by atoms with van der Waals surface area (Å²) in [5, 5.41) is 5.70. The van der Waals surface area contributed by atoms with Gasteiger partial charge in [0, 0.05) is 6.54 Å². The first-order chi connectivity index (χ1) is 16.5. The number of carbonyl (C=O) groups is 4. The van der Waals surface area contributed by atoms with Gasteiger partial charge in [0.1, 0.15) is 24.0 Å². The first-order valence-corrected chi connectivity index (χ1v) is 13.6. The monoisotopic (exact) mass is 493 g/mol. The van der Waals surface area contributed by atoms with Gasteiger partial charge in [0.15, 0.2) is 0 Å². The third-order valence-electron chi connectivity index (χ3n) is 7.09. The van der Waals surface area contributed by atoms with Crippen molar-refractivity contribution in [1.29, 1.82) is 0 Å². The number of amides is 3. The van der Waals surface area contributed by atoms with E-state index in [1.807, 2.05) is 0 Å². The van der Waals surface area contributed by atoms with E-state index < -0.39 is 29.8 Å². The summed E-state index contributed by atoms with van der Waals surface area (Å²) in [7, 11) is 0. The van der Waals surface area contributed by atoms with Crippen LogP contribution in [0.25, 0.3) is 0 Å². The van der Waals surface area contributed by atoms with Crippen LogP contribution in [0.5, 0.6) is 0 Å². The van der Waals surface area contributed by atoms with E-state index in [4.69, 9.17) is 4.74 Å². The van der Waals surface area contributed by atoms with E-state index in [-0.39, 0.29) is 23.7 Å². The Bertz CT molecular complexity index is 718. The molecular weight excluding hydrogens is 446 g/mol. The fourth-order valence-corrected chi connectivity index (χ4v) is 5.22. The molecule has 2 heterocycles. The maximum Gasteiger partial charge on any atom is 0.408 e. The highest BCUT2D eigenvalue weighted by Gasteiger charge is 2.45. The van der Waals surface area contributed by atoms with Crippen LogP contribution in [0.2, 0.25) is 0 Å². The third kappa shape index (κ3) is 9.45. The molecule has 2 aliphatic heterocycles. The smallest absolute Gasteiger partial charge is 0.408 e. The number of nitrogens with one attached hydrogen (secondary N) is 2. The van der Waals surface area contributed by atoms with Crippen molar-refractivity contribution in [3.8, 4) is 0 Å². The van der Waals surface area contributed by atoms with Crippen LogP contribution in [0.3, 0.4) is 0 Å². The number of carbonyl (C=O) groups excluding carboxylic acids is 4. The predicted octanol–water partition coefficient (Wildman–Crippen LogP) is 4.35. The molecule has 4 atom stereocenters. The van der Waals surface area contributed by atoms with Gasteiger partial charge in [-0.3, -0.25) is 9.59 Å². The summed E-state index contributed by atoms with van der Waals surface area (Å²) in [5.74, 6) is -0.321. The minimum absolute atomic E-state index is 0.00416. The number of aldehydes is 1. The van der Waals surface area contributed by atoms with Crippen molar-refractivity contribution in [2.24, 2.45) is 11.8 Å². The molecule has 0 radical (unpaired) electrons. The summed E-state index contributed by atoms with van der Waals surface area (Å²) in [6.45, 7) is 9.93. The molecule has 0 aromatic heterocycles. The second-order valence-electron chi connectivity index (χ2n) is 11.5. The molecule has 2 fully saturated rings. The second-order valence-corrected chi connectivity index (χ2v) is 11.5. The van der Waals surface area contributed by atoms with Gasteiger partial charge in [0.25, 0.3) is 0 Å². The summed E-state index contributed by atoms with van der Waals surface area (Å²) >= 11 is 0. The number of alkyl carbamates (subject to hydrolysis) is 1. The number of hydrogen-bond acceptors (Lipinski definition) is 5. The molecule has 0 aromatic rings. The number of fused-ring (bicyclic) bond motifs is 1. The molecule has 8 nitrogen and oxygen atoms in total. The Kier molecular flexibility index (Phi) is 11.5. The van der Waals surface area contributed by atoms with Crippen LogP contribution in [-0.2, 0) is 19.1 Å². The SMILES string of the molecule is CC(C)C1CCN2C(=O)[C@@H](NC(=O)OC(C)(C)C)CCCCCCCCCC[C@@H](C=O)NC(=O)[C@H]12. The summed E-state index contributed by atoms with van der Waals surface area (Å²) < 4.78 is 5.42. The maximum absolute atomic E-state index is 13.7. The van der Waals surface area contributed by atoms with E-state index in [2.05, 4.69) is 24.5 Å². The van der Waals surface area contributed by atoms with Crippen molar-refractivity contribution in [3.05, 3.63) is 0 Å². The number of hydrogen-bond donors (Lipinski definition) is 2. The van der Waals surface area contributed by atoms with Gasteiger partial charge in [-0.25, -0.2) is 4.79 Å². The van der Waals surface area contributed by atoms with Gasteiger partial charge in [0.05, 0.1) is 6.04 Å². The lowest BCUT2D eigenvalue weighted by Gasteiger charge is -2.33. The van der Waals surface area contributed by atoms with Crippen LogP contribution in [-0.4, -0.2) is 59.4 Å². The molecule has 200 valence electrons. The van der Waals surface area contributed by atoms with Crippen LogP contribution in [0.4, 0.5) is 4.79 Å². The minimum Gasteiger partial charge on any atom is -0.444 e. The quantitative estimate of drug-likeness (QED) is 0.569. The Hall–Kier alpha value is -2.12. The van der Waals surface area contributed by atoms with Crippen LogP contribution < -0.4 is 10.6 Å². The number of nitrogens with zero attached hydrogens (tertiary/aromatic N) is 1. The van der Waals surface area contributed by atoms with Crippen LogP contribution in [0, 0.1) is 11.8 Å². The number of rotatable bonds is 3. The van der Waals surface area contributed by atoms with E-state index in [0.717, 1.165) is 57.7 Å². The maximum atomic E-state index is 13.7. The van der Waals surface area contributed by atoms with Crippen molar-refractivity contribution < 1.29 is 23.9 Å². The molecule has 3 amide bonds. The highest BCUT2D eigenvalue weighted by Crippen LogP contribution is 2.32. The van der Waals surface area contributed by atoms with Crippen molar-refractivity contribution >= 4 is 24.2 Å². The molecule has 8 heteroatoms. The average molecular weight is 494 g/mol. The summed E-state index contributed by atoms with van der Waals surface area (Å²) in [6.07, 6.45) is 10.3. The lowest BCUT2D eigenvalue weighted by atomic mass is 9.88. The average Bonchev–Trinajstić information content (AvgIpc) is 3.22. The zero-order valence-corrected chi connectivity index (χ0v) is 22.4. The van der Waals surface area contributed by atoms with Gasteiger partial charge in [-0.2, -0.15) is 0 Å². The Balaban J connectivity index is 2.28. The van der Waals surface area contributed by atoms with E-state index in [1.54, 1.807) is 25.7 Å². The van der Waals surface area contributed by atoms with E-state index >= 15 is 0 Å². The van der Waals surface area contributed by atoms with E-state index in [9.17, 15) is 19.2 Å². The lowest BCUT2D eigenvalue weighted by Crippen LogP contribution is -2.56. The van der Waals surface area contributed by atoms with Crippen LogP contribution >= 0.6 is 0 Å². The minimum atomic E-state index is -0.747. The lowest BCUT2D eigenvalue weighted by molar-refractivity contribution is -0.142. The topological polar surface area (TPSA) is 105 Å². The molecule has 35 heavy (non-hydrogen) atoms. The molecule has 0 bridgehead atoms. The molecule has 2 N–H and O–H groups in total. The molecular formula is C27H47N3O5. The molecule has 1 unspecified atom stereocenters. The summed E-state index contributed by atoms with van der Waals surface area (Å²) in [6, 6.07) is -1.94. The fraction of sp³-hybridized carbons (Fsp3) is 0.852. The standard InChI is InChI=1S/C27H47N3O5/c1-19(2)21-16-17-30-23(21)24(32)28-20(18-31)14-12-10-8-6-7-9-11-13-15-22(25(30)33)29-26(34)35-27(3,4)5/h18-23H,6-17H2,1-5H3,(H,28,32)(H,29,34)/t20-,21?,22-,23-/m0/s1. The Morgan fingerprint density at radius 3 is 2.11 bits per heavy atom. The van der Waals surface area contributed by atoms with Crippen molar-refractivity contribution in [2.45, 2.75) is 129 Å². The van der Waals surface area contributed by atoms with Crippen molar-refractivity contribution in [2.75, 3.05) is 6.54 Å². The van der Waals surface area contributed by atoms with Gasteiger partial charge < -0.3 is 25.1 Å². The van der Waals surface area contributed by atoms with Crippen LogP contribution in [0.15, 0.2) is 0 Å². The summed E-state index contributed by atoms with van der Waals surface area (Å²) in [4.78, 5) is 53.0. The van der Waals surface area contributed by atoms with Gasteiger partial charge in [-0.1, -0.05) is 65.2 Å². The molecule has 2 aliphatic rings. The predicted molar refractivity (Wildman–Crippen MR) is 136 cm³/mol. The van der Waals surface area contributed by atoms with Gasteiger partial charge in [0.2, 0.25) is 11.8 Å². The van der Waals surface area contributed by atoms with Crippen LogP contribution in [0.1, 0.15) is 105 Å². The zero-order valence-electron chi connectivity index (χ0n) is 22.4. The second kappa shape index (κ2) is 13.8. The first-order valence-electron chi connectivity index (χ1n) is 13.6. The first kappa shape index (κ1) is 29.1. The van der Waals surface area contributed by atoms with Gasteiger partial charge in [-0.15, -0.1) is 0 Å².